The summed E-state index contributed by atoms with van der Waals surface area (Å²) in [6.07, 6.45) is 9.26. The van der Waals surface area contributed by atoms with Gasteiger partial charge < -0.3 is 0 Å². The first-order chi connectivity index (χ1) is 4.84. The van der Waals surface area contributed by atoms with Crippen molar-refractivity contribution in [3.63, 3.8) is 0 Å². The van der Waals surface area contributed by atoms with Crippen LogP contribution in [0, 0.1) is 11.8 Å². The fraction of sp³-hybridized carbons (Fsp3) is 1.00. The van der Waals surface area contributed by atoms with E-state index in [0.717, 1.165) is 18.5 Å². The van der Waals surface area contributed by atoms with E-state index in [9.17, 15) is 0 Å². The zero-order valence-corrected chi connectivity index (χ0v) is 6.97. The highest BCUT2D eigenvalue weighted by Gasteiger charge is 2.30. The van der Waals surface area contributed by atoms with Crippen LogP contribution >= 0.6 is 0 Å². The second kappa shape index (κ2) is 2.60. The van der Waals surface area contributed by atoms with E-state index in [4.69, 9.17) is 0 Å². The predicted molar refractivity (Wildman–Crippen MR) is 46.7 cm³/mol. The van der Waals surface area contributed by atoms with Gasteiger partial charge in [0.05, 0.1) is 0 Å². The molecule has 0 N–H and O–H groups in total. The molecule has 10 heavy (non-hydrogen) atoms. The summed E-state index contributed by atoms with van der Waals surface area (Å²) in [7, 11) is 0. The number of fused-ring (bicyclic) bond motifs is 2. The van der Waals surface area contributed by atoms with Crippen molar-refractivity contribution in [2.45, 2.75) is 45.1 Å². The van der Waals surface area contributed by atoms with Gasteiger partial charge in [-0.15, -0.1) is 0 Å². The van der Waals surface area contributed by atoms with E-state index in [1.54, 1.807) is 19.3 Å². The lowest BCUT2D eigenvalue weighted by Crippen LogP contribution is -2.29. The Morgan fingerprint density at radius 2 is 1.70 bits per heavy atom. The van der Waals surface area contributed by atoms with E-state index >= 15 is 0 Å². The van der Waals surface area contributed by atoms with Gasteiger partial charge in [0.2, 0.25) is 0 Å². The van der Waals surface area contributed by atoms with Crippen molar-refractivity contribution in [1.29, 1.82) is 0 Å². The molecule has 2 aliphatic rings. The van der Waals surface area contributed by atoms with Crippen LogP contribution in [-0.2, 0) is 0 Å². The van der Waals surface area contributed by atoms with Crippen molar-refractivity contribution in [3.8, 4) is 0 Å². The second-order valence-electron chi connectivity index (χ2n) is 4.48. The molecule has 0 aromatic heterocycles. The lowest BCUT2D eigenvalue weighted by atomic mass is 9.38. The molecule has 0 amide bonds. The summed E-state index contributed by atoms with van der Waals surface area (Å²) in [5.74, 6) is 2.25. The van der Waals surface area contributed by atoms with Gasteiger partial charge in [-0.1, -0.05) is 38.7 Å². The molecule has 2 fully saturated rings. The Morgan fingerprint density at radius 3 is 2.30 bits per heavy atom. The Morgan fingerprint density at radius 1 is 1.10 bits per heavy atom. The SMILES string of the molecule is CB1CC2CCCC(C1)C2. The third kappa shape index (κ3) is 1.23. The molecular weight excluding hydrogens is 119 g/mol. The average Bonchev–Trinajstić information content (AvgIpc) is 1.85. The molecule has 0 aromatic carbocycles. The van der Waals surface area contributed by atoms with Gasteiger partial charge in [0, 0.05) is 0 Å². The van der Waals surface area contributed by atoms with Gasteiger partial charge in [-0.05, 0) is 18.3 Å². The Balaban J connectivity index is 1.98. The average molecular weight is 136 g/mol. The molecule has 2 unspecified atom stereocenters. The molecule has 0 spiro atoms. The monoisotopic (exact) mass is 136 g/mol. The molecule has 1 aliphatic heterocycles. The van der Waals surface area contributed by atoms with Crippen LogP contribution in [-0.4, -0.2) is 6.71 Å². The molecule has 0 aromatic rings. The summed E-state index contributed by atoms with van der Waals surface area (Å²) in [5.41, 5.74) is 0. The third-order valence-corrected chi connectivity index (χ3v) is 3.36. The van der Waals surface area contributed by atoms with Crippen molar-refractivity contribution >= 4 is 6.71 Å². The van der Waals surface area contributed by atoms with Crippen molar-refractivity contribution in [2.24, 2.45) is 11.8 Å². The summed E-state index contributed by atoms with van der Waals surface area (Å²) in [6.45, 7) is 3.48. The van der Waals surface area contributed by atoms with Crippen LogP contribution in [0.1, 0.15) is 25.7 Å². The maximum atomic E-state index is 2.44. The van der Waals surface area contributed by atoms with Crippen LogP contribution in [0.3, 0.4) is 0 Å². The molecule has 1 heterocycles. The number of hydrogen-bond donors (Lipinski definition) is 0. The molecule has 0 nitrogen and oxygen atoms in total. The van der Waals surface area contributed by atoms with Crippen LogP contribution in [0.25, 0.3) is 0 Å². The first kappa shape index (κ1) is 6.76. The molecule has 1 aliphatic carbocycles. The standard InChI is InChI=1S/C9H17B/c1-10-6-8-3-2-4-9(5-8)7-10/h8-9H,2-7H2,1H3. The highest BCUT2D eigenvalue weighted by atomic mass is 14.3. The van der Waals surface area contributed by atoms with Crippen LogP contribution in [0.5, 0.6) is 0 Å². The van der Waals surface area contributed by atoms with Gasteiger partial charge in [0.15, 0.2) is 0 Å². The minimum absolute atomic E-state index is 1.05. The van der Waals surface area contributed by atoms with E-state index in [0.29, 0.717) is 0 Å². The van der Waals surface area contributed by atoms with Crippen LogP contribution in [0.4, 0.5) is 0 Å². The van der Waals surface area contributed by atoms with E-state index in [1.165, 1.54) is 19.1 Å². The maximum absolute atomic E-state index is 2.44. The first-order valence-electron chi connectivity index (χ1n) is 4.84. The van der Waals surface area contributed by atoms with Crippen molar-refractivity contribution in [2.75, 3.05) is 0 Å². The third-order valence-electron chi connectivity index (χ3n) is 3.36. The van der Waals surface area contributed by atoms with E-state index in [1.807, 2.05) is 0 Å². The second-order valence-corrected chi connectivity index (χ2v) is 4.48. The van der Waals surface area contributed by atoms with Gasteiger partial charge in [-0.2, -0.15) is 0 Å². The Kier molecular flexibility index (Phi) is 1.75. The van der Waals surface area contributed by atoms with Crippen LogP contribution < -0.4 is 0 Å². The van der Waals surface area contributed by atoms with Gasteiger partial charge in [-0.3, -0.25) is 0 Å². The first-order valence-corrected chi connectivity index (χ1v) is 4.84. The lowest BCUT2D eigenvalue weighted by molar-refractivity contribution is 0.282. The summed E-state index contributed by atoms with van der Waals surface area (Å²) >= 11 is 0. The largest absolute Gasteiger partial charge is 0.137 e. The van der Waals surface area contributed by atoms with E-state index < -0.39 is 0 Å². The highest BCUT2D eigenvalue weighted by molar-refractivity contribution is 6.57. The fourth-order valence-electron chi connectivity index (χ4n) is 3.06. The summed E-state index contributed by atoms with van der Waals surface area (Å²) in [6, 6.07) is 0. The van der Waals surface area contributed by atoms with Gasteiger partial charge >= 0.3 is 0 Å². The number of hydrogen-bond acceptors (Lipinski definition) is 0. The van der Waals surface area contributed by atoms with Crippen LogP contribution in [0.2, 0.25) is 19.5 Å². The molecule has 2 rings (SSSR count). The Bertz CT molecular complexity index is 106. The molecule has 1 heteroatoms. The smallest absolute Gasteiger partial charge is 0.0861 e. The predicted octanol–water partition coefficient (Wildman–Crippen LogP) is 2.93. The van der Waals surface area contributed by atoms with Crippen molar-refractivity contribution in [1.82, 2.24) is 0 Å². The molecule has 0 radical (unpaired) electrons. The molecule has 1 saturated carbocycles. The molecular formula is C9H17B. The summed E-state index contributed by atoms with van der Waals surface area (Å²) < 4.78 is 0. The van der Waals surface area contributed by atoms with Gasteiger partial charge in [0.25, 0.3) is 0 Å². The van der Waals surface area contributed by atoms with Crippen molar-refractivity contribution < 1.29 is 0 Å². The van der Waals surface area contributed by atoms with Crippen molar-refractivity contribution in [3.05, 3.63) is 0 Å². The summed E-state index contributed by atoms with van der Waals surface area (Å²) in [4.78, 5) is 0. The lowest BCUT2D eigenvalue weighted by Gasteiger charge is -2.36. The minimum Gasteiger partial charge on any atom is -0.0861 e. The zero-order chi connectivity index (χ0) is 6.97. The minimum atomic E-state index is 1.05. The topological polar surface area (TPSA) is 0 Å². The normalized spacial score (nSPS) is 39.9. The summed E-state index contributed by atoms with van der Waals surface area (Å²) in [5, 5.41) is 0. The highest BCUT2D eigenvalue weighted by Crippen LogP contribution is 2.40. The molecule has 1 saturated heterocycles. The quantitative estimate of drug-likeness (QED) is 0.449. The molecule has 2 bridgehead atoms. The van der Waals surface area contributed by atoms with E-state index in [-0.39, 0.29) is 0 Å². The van der Waals surface area contributed by atoms with E-state index in [2.05, 4.69) is 6.82 Å². The molecule has 2 atom stereocenters. The maximum Gasteiger partial charge on any atom is 0.137 e. The Hall–Kier alpha value is 0.0649. The van der Waals surface area contributed by atoms with Gasteiger partial charge in [0.1, 0.15) is 6.71 Å². The molecule has 56 valence electrons. The van der Waals surface area contributed by atoms with Crippen LogP contribution in [0.15, 0.2) is 0 Å². The fourth-order valence-corrected chi connectivity index (χ4v) is 3.06. The number of rotatable bonds is 0. The van der Waals surface area contributed by atoms with Gasteiger partial charge in [-0.25, -0.2) is 0 Å². The Labute approximate surface area is 64.5 Å². The zero-order valence-electron chi connectivity index (χ0n) is 6.97.